The van der Waals surface area contributed by atoms with Crippen molar-refractivity contribution in [1.82, 2.24) is 10.2 Å². The maximum atomic E-state index is 5.70. The highest BCUT2D eigenvalue weighted by molar-refractivity contribution is 14.0. The zero-order valence-corrected chi connectivity index (χ0v) is 15.7. The van der Waals surface area contributed by atoms with Crippen molar-refractivity contribution in [3.8, 4) is 5.75 Å². The van der Waals surface area contributed by atoms with Gasteiger partial charge in [0.2, 0.25) is 0 Å². The molecule has 22 heavy (non-hydrogen) atoms. The minimum Gasteiger partial charge on any atom is -0.492 e. The third kappa shape index (κ3) is 6.39. The fourth-order valence-electron chi connectivity index (χ4n) is 2.32. The van der Waals surface area contributed by atoms with Crippen molar-refractivity contribution >= 4 is 29.9 Å². The van der Waals surface area contributed by atoms with Gasteiger partial charge in [-0.2, -0.15) is 0 Å². The molecule has 1 N–H and O–H groups in total. The lowest BCUT2D eigenvalue weighted by molar-refractivity contribution is 0.113. The zero-order valence-electron chi connectivity index (χ0n) is 13.3. The van der Waals surface area contributed by atoms with Crippen molar-refractivity contribution in [2.45, 2.75) is 18.9 Å². The summed E-state index contributed by atoms with van der Waals surface area (Å²) in [6, 6.07) is 9.85. The molecular weight excluding hydrogens is 393 g/mol. The van der Waals surface area contributed by atoms with Crippen molar-refractivity contribution in [2.24, 2.45) is 4.99 Å². The van der Waals surface area contributed by atoms with Crippen LogP contribution in [-0.2, 0) is 4.74 Å². The van der Waals surface area contributed by atoms with E-state index in [9.17, 15) is 0 Å². The first-order valence-corrected chi connectivity index (χ1v) is 7.51. The molecule has 5 nitrogen and oxygen atoms in total. The third-order valence-electron chi connectivity index (χ3n) is 3.52. The first kappa shape index (κ1) is 19.0. The van der Waals surface area contributed by atoms with Crippen molar-refractivity contribution in [3.63, 3.8) is 0 Å². The molecule has 1 aromatic carbocycles. The van der Waals surface area contributed by atoms with Crippen LogP contribution in [-0.4, -0.2) is 57.4 Å². The Labute approximate surface area is 150 Å². The molecule has 1 saturated heterocycles. The second-order valence-electron chi connectivity index (χ2n) is 5.15. The molecule has 0 bridgehead atoms. The van der Waals surface area contributed by atoms with Gasteiger partial charge in [-0.25, -0.2) is 0 Å². The summed E-state index contributed by atoms with van der Waals surface area (Å²) in [7, 11) is 3.81. The zero-order chi connectivity index (χ0) is 14.9. The van der Waals surface area contributed by atoms with Gasteiger partial charge in [-0.3, -0.25) is 4.99 Å². The van der Waals surface area contributed by atoms with E-state index in [2.05, 4.69) is 15.2 Å². The van der Waals surface area contributed by atoms with Crippen LogP contribution in [0.25, 0.3) is 0 Å². The molecule has 1 aliphatic heterocycles. The van der Waals surface area contributed by atoms with Crippen molar-refractivity contribution in [2.75, 3.05) is 40.4 Å². The van der Waals surface area contributed by atoms with Crippen LogP contribution in [0.15, 0.2) is 35.3 Å². The molecular formula is C16H26IN3O2. The van der Waals surface area contributed by atoms with Crippen molar-refractivity contribution < 1.29 is 9.47 Å². The number of halogens is 1. The van der Waals surface area contributed by atoms with E-state index in [1.54, 1.807) is 7.05 Å². The number of nitrogens with one attached hydrogen (secondary N) is 1. The van der Waals surface area contributed by atoms with Gasteiger partial charge >= 0.3 is 0 Å². The summed E-state index contributed by atoms with van der Waals surface area (Å²) in [6.45, 7) is 3.10. The number of nitrogens with zero attached hydrogens (tertiary/aromatic N) is 2. The summed E-state index contributed by atoms with van der Waals surface area (Å²) in [5.41, 5.74) is 0. The van der Waals surface area contributed by atoms with E-state index < -0.39 is 0 Å². The molecule has 1 aromatic rings. The summed E-state index contributed by atoms with van der Waals surface area (Å²) < 4.78 is 11.3. The molecule has 2 rings (SSSR count). The largest absolute Gasteiger partial charge is 0.492 e. The molecule has 1 fully saturated rings. The van der Waals surface area contributed by atoms with Gasteiger partial charge in [0.25, 0.3) is 0 Å². The minimum atomic E-state index is 0. The maximum absolute atomic E-state index is 5.70. The topological polar surface area (TPSA) is 46.1 Å². The van der Waals surface area contributed by atoms with Crippen LogP contribution >= 0.6 is 24.0 Å². The smallest absolute Gasteiger partial charge is 0.193 e. The van der Waals surface area contributed by atoms with E-state index in [1.165, 1.54) is 0 Å². The average Bonchev–Trinajstić information content (AvgIpc) is 3.02. The Kier molecular flexibility index (Phi) is 9.22. The number of rotatable bonds is 6. The molecule has 0 aliphatic carbocycles. The van der Waals surface area contributed by atoms with Gasteiger partial charge in [0, 0.05) is 27.2 Å². The van der Waals surface area contributed by atoms with E-state index in [0.717, 1.165) is 44.2 Å². The molecule has 1 atom stereocenters. The van der Waals surface area contributed by atoms with Crippen LogP contribution in [0.1, 0.15) is 12.8 Å². The standard InChI is InChI=1S/C16H25N3O2.HI/c1-17-16(18-13-15-9-6-11-20-15)19(2)10-12-21-14-7-4-3-5-8-14;/h3-5,7-8,15H,6,9-13H2,1-2H3,(H,17,18);1H. The number of guanidine groups is 1. The van der Waals surface area contributed by atoms with Crippen LogP contribution in [0, 0.1) is 0 Å². The molecule has 6 heteroatoms. The summed E-state index contributed by atoms with van der Waals surface area (Å²) in [5, 5.41) is 3.36. The Bertz CT molecular complexity index is 436. The van der Waals surface area contributed by atoms with Gasteiger partial charge in [-0.05, 0) is 25.0 Å². The van der Waals surface area contributed by atoms with Crippen LogP contribution in [0.2, 0.25) is 0 Å². The lowest BCUT2D eigenvalue weighted by atomic mass is 10.2. The SMILES string of the molecule is CN=C(NCC1CCCO1)N(C)CCOc1ccccc1.I. The Hall–Kier alpha value is -1.02. The second-order valence-corrected chi connectivity index (χ2v) is 5.15. The fourth-order valence-corrected chi connectivity index (χ4v) is 2.32. The molecule has 124 valence electrons. The average molecular weight is 419 g/mol. The number of hydrogen-bond donors (Lipinski definition) is 1. The molecule has 1 unspecified atom stereocenters. The van der Waals surface area contributed by atoms with Crippen LogP contribution < -0.4 is 10.1 Å². The highest BCUT2D eigenvalue weighted by Crippen LogP contribution is 2.10. The first-order chi connectivity index (χ1) is 10.3. The summed E-state index contributed by atoms with van der Waals surface area (Å²) in [4.78, 5) is 6.36. The molecule has 0 amide bonds. The monoisotopic (exact) mass is 419 g/mol. The summed E-state index contributed by atoms with van der Waals surface area (Å²) in [6.07, 6.45) is 2.60. The van der Waals surface area contributed by atoms with Gasteiger partial charge in [0.15, 0.2) is 5.96 Å². The van der Waals surface area contributed by atoms with Gasteiger partial charge in [0.1, 0.15) is 12.4 Å². The Morgan fingerprint density at radius 2 is 2.18 bits per heavy atom. The van der Waals surface area contributed by atoms with Crippen molar-refractivity contribution in [1.29, 1.82) is 0 Å². The number of likely N-dealkylation sites (N-methyl/N-ethyl adjacent to an activating group) is 1. The fraction of sp³-hybridized carbons (Fsp3) is 0.562. The normalized spacial score (nSPS) is 17.7. The van der Waals surface area contributed by atoms with Gasteiger partial charge in [-0.1, -0.05) is 18.2 Å². The van der Waals surface area contributed by atoms with Crippen LogP contribution in [0.3, 0.4) is 0 Å². The molecule has 0 saturated carbocycles. The van der Waals surface area contributed by atoms with E-state index in [-0.39, 0.29) is 24.0 Å². The number of ether oxygens (including phenoxy) is 2. The maximum Gasteiger partial charge on any atom is 0.193 e. The minimum absolute atomic E-state index is 0. The number of hydrogen-bond acceptors (Lipinski definition) is 3. The Balaban J connectivity index is 0.00000242. The third-order valence-corrected chi connectivity index (χ3v) is 3.52. The summed E-state index contributed by atoms with van der Waals surface area (Å²) in [5.74, 6) is 1.77. The molecule has 1 heterocycles. The first-order valence-electron chi connectivity index (χ1n) is 7.51. The Morgan fingerprint density at radius 3 is 2.82 bits per heavy atom. The predicted molar refractivity (Wildman–Crippen MR) is 100 cm³/mol. The number of para-hydroxylation sites is 1. The van der Waals surface area contributed by atoms with E-state index in [0.29, 0.717) is 12.7 Å². The summed E-state index contributed by atoms with van der Waals surface area (Å²) >= 11 is 0. The second kappa shape index (κ2) is 10.7. The quantitative estimate of drug-likeness (QED) is 0.437. The van der Waals surface area contributed by atoms with Crippen LogP contribution in [0.5, 0.6) is 5.75 Å². The predicted octanol–water partition coefficient (Wildman–Crippen LogP) is 2.37. The van der Waals surface area contributed by atoms with Gasteiger partial charge in [0.05, 0.1) is 12.6 Å². The number of aliphatic imine (C=N–C) groups is 1. The van der Waals surface area contributed by atoms with Gasteiger partial charge < -0.3 is 19.7 Å². The molecule has 1 aliphatic rings. The number of benzene rings is 1. The molecule has 0 spiro atoms. The van der Waals surface area contributed by atoms with Crippen molar-refractivity contribution in [3.05, 3.63) is 30.3 Å². The lowest BCUT2D eigenvalue weighted by Crippen LogP contribution is -2.43. The van der Waals surface area contributed by atoms with Gasteiger partial charge in [-0.15, -0.1) is 24.0 Å². The lowest BCUT2D eigenvalue weighted by Gasteiger charge is -2.23. The molecule has 0 radical (unpaired) electrons. The van der Waals surface area contributed by atoms with E-state index in [4.69, 9.17) is 9.47 Å². The van der Waals surface area contributed by atoms with Crippen LogP contribution in [0.4, 0.5) is 0 Å². The highest BCUT2D eigenvalue weighted by atomic mass is 127. The Morgan fingerprint density at radius 1 is 1.41 bits per heavy atom. The molecule has 0 aromatic heterocycles. The van der Waals surface area contributed by atoms with E-state index >= 15 is 0 Å². The van der Waals surface area contributed by atoms with E-state index in [1.807, 2.05) is 37.4 Å². The highest BCUT2D eigenvalue weighted by Gasteiger charge is 2.16.